The Morgan fingerprint density at radius 3 is 2.41 bits per heavy atom. The first-order valence-corrected chi connectivity index (χ1v) is 6.86. The fraction of sp³-hybridized carbons (Fsp3) is 0.417. The maximum absolute atomic E-state index is 11.3. The molecule has 3 nitrogen and oxygen atoms in total. The van der Waals surface area contributed by atoms with Crippen LogP contribution in [0.25, 0.3) is 0 Å². The van der Waals surface area contributed by atoms with E-state index in [4.69, 9.17) is 0 Å². The lowest BCUT2D eigenvalue weighted by atomic mass is 9.83. The van der Waals surface area contributed by atoms with Crippen LogP contribution in [-0.2, 0) is 0 Å². The van der Waals surface area contributed by atoms with E-state index in [-0.39, 0.29) is 5.41 Å². The molecule has 1 fully saturated rings. The Labute approximate surface area is 117 Å². The van der Waals surface area contributed by atoms with Gasteiger partial charge in [0.25, 0.3) is 0 Å². The lowest BCUT2D eigenvalue weighted by Gasteiger charge is -2.48. The van der Waals surface area contributed by atoms with Crippen molar-refractivity contribution in [3.63, 3.8) is 0 Å². The Bertz CT molecular complexity index is 478. The lowest BCUT2D eigenvalue weighted by Crippen LogP contribution is -2.53. The normalized spacial score (nSPS) is 17.8. The van der Waals surface area contributed by atoms with Crippen molar-refractivity contribution in [3.05, 3.63) is 26.6 Å². The largest absolute Gasteiger partial charge is 0.478 e. The van der Waals surface area contributed by atoms with Crippen LogP contribution in [0.15, 0.2) is 21.1 Å². The molecular formula is C12H13Br2NO2. The van der Waals surface area contributed by atoms with Crippen LogP contribution in [0.2, 0.25) is 0 Å². The molecule has 1 aromatic rings. The predicted molar refractivity (Wildman–Crippen MR) is 74.8 cm³/mol. The average molecular weight is 363 g/mol. The van der Waals surface area contributed by atoms with E-state index >= 15 is 0 Å². The minimum atomic E-state index is -0.897. The van der Waals surface area contributed by atoms with Gasteiger partial charge < -0.3 is 10.0 Å². The van der Waals surface area contributed by atoms with Crippen LogP contribution < -0.4 is 4.90 Å². The van der Waals surface area contributed by atoms with Crippen LogP contribution >= 0.6 is 31.9 Å². The van der Waals surface area contributed by atoms with Crippen molar-refractivity contribution in [1.82, 2.24) is 0 Å². The van der Waals surface area contributed by atoms with Crippen molar-refractivity contribution in [2.45, 2.75) is 13.8 Å². The smallest absolute Gasteiger partial charge is 0.337 e. The van der Waals surface area contributed by atoms with Crippen molar-refractivity contribution in [1.29, 1.82) is 0 Å². The van der Waals surface area contributed by atoms with Crippen molar-refractivity contribution in [2.24, 2.45) is 5.41 Å². The molecule has 1 saturated heterocycles. The van der Waals surface area contributed by atoms with E-state index < -0.39 is 5.97 Å². The van der Waals surface area contributed by atoms with Gasteiger partial charge in [0.15, 0.2) is 0 Å². The monoisotopic (exact) mass is 361 g/mol. The summed E-state index contributed by atoms with van der Waals surface area (Å²) in [5.74, 6) is -0.897. The summed E-state index contributed by atoms with van der Waals surface area (Å²) in [6, 6.07) is 3.53. The third kappa shape index (κ3) is 2.50. The summed E-state index contributed by atoms with van der Waals surface area (Å²) >= 11 is 6.76. The highest BCUT2D eigenvalue weighted by atomic mass is 79.9. The van der Waals surface area contributed by atoms with Crippen LogP contribution in [0.4, 0.5) is 5.69 Å². The number of anilines is 1. The minimum absolute atomic E-state index is 0.266. The Kier molecular flexibility index (Phi) is 3.25. The fourth-order valence-electron chi connectivity index (χ4n) is 2.20. The second-order valence-corrected chi connectivity index (χ2v) is 6.88. The van der Waals surface area contributed by atoms with E-state index in [1.807, 2.05) is 6.07 Å². The van der Waals surface area contributed by atoms with Gasteiger partial charge in [0, 0.05) is 22.0 Å². The average Bonchev–Trinajstić information content (AvgIpc) is 2.12. The SMILES string of the molecule is CC1(C)CN(c2c(Br)cc(Br)cc2C(=O)O)C1. The molecule has 0 bridgehead atoms. The molecule has 0 amide bonds. The highest BCUT2D eigenvalue weighted by Crippen LogP contribution is 2.40. The summed E-state index contributed by atoms with van der Waals surface area (Å²) in [4.78, 5) is 13.4. The minimum Gasteiger partial charge on any atom is -0.478 e. The first-order valence-electron chi connectivity index (χ1n) is 5.27. The molecule has 1 aromatic carbocycles. The molecule has 0 saturated carbocycles. The van der Waals surface area contributed by atoms with E-state index in [0.717, 1.165) is 27.7 Å². The number of benzene rings is 1. The summed E-state index contributed by atoms with van der Waals surface area (Å²) in [5, 5.41) is 9.24. The standard InChI is InChI=1S/C12H13Br2NO2/c1-12(2)5-15(6-12)10-8(11(16)17)3-7(13)4-9(10)14/h3-4H,5-6H2,1-2H3,(H,16,17). The highest BCUT2D eigenvalue weighted by Gasteiger charge is 2.36. The molecule has 17 heavy (non-hydrogen) atoms. The second-order valence-electron chi connectivity index (χ2n) is 5.11. The molecule has 92 valence electrons. The van der Waals surface area contributed by atoms with Crippen LogP contribution in [0.3, 0.4) is 0 Å². The number of carboxylic acids is 1. The zero-order valence-electron chi connectivity index (χ0n) is 9.63. The van der Waals surface area contributed by atoms with E-state index in [1.54, 1.807) is 6.07 Å². The number of halogens is 2. The lowest BCUT2D eigenvalue weighted by molar-refractivity contribution is 0.0696. The van der Waals surface area contributed by atoms with Gasteiger partial charge in [-0.05, 0) is 33.5 Å². The first kappa shape index (κ1) is 12.9. The van der Waals surface area contributed by atoms with E-state index in [2.05, 4.69) is 50.6 Å². The zero-order chi connectivity index (χ0) is 12.8. The van der Waals surface area contributed by atoms with E-state index in [1.165, 1.54) is 0 Å². The third-order valence-corrected chi connectivity index (χ3v) is 3.87. The molecule has 0 spiro atoms. The molecule has 1 N–H and O–H groups in total. The maximum Gasteiger partial charge on any atom is 0.337 e. The van der Waals surface area contributed by atoms with Gasteiger partial charge >= 0.3 is 5.97 Å². The fourth-order valence-corrected chi connectivity index (χ4v) is 3.67. The topological polar surface area (TPSA) is 40.5 Å². The Morgan fingerprint density at radius 2 is 1.94 bits per heavy atom. The Morgan fingerprint density at radius 1 is 1.35 bits per heavy atom. The highest BCUT2D eigenvalue weighted by molar-refractivity contribution is 9.11. The van der Waals surface area contributed by atoms with Crippen LogP contribution in [0, 0.1) is 5.41 Å². The summed E-state index contributed by atoms with van der Waals surface area (Å²) in [6.07, 6.45) is 0. The molecule has 1 aliphatic rings. The van der Waals surface area contributed by atoms with Gasteiger partial charge in [0.05, 0.1) is 11.3 Å². The van der Waals surface area contributed by atoms with Crippen LogP contribution in [0.5, 0.6) is 0 Å². The number of carbonyl (C=O) groups is 1. The van der Waals surface area contributed by atoms with Crippen molar-refractivity contribution >= 4 is 43.5 Å². The van der Waals surface area contributed by atoms with E-state index in [0.29, 0.717) is 5.56 Å². The van der Waals surface area contributed by atoms with Crippen LogP contribution in [-0.4, -0.2) is 24.2 Å². The Hall–Kier alpha value is -0.550. The molecule has 5 heteroatoms. The summed E-state index contributed by atoms with van der Waals surface area (Å²) in [6.45, 7) is 6.12. The number of aromatic carboxylic acids is 1. The number of hydrogen-bond acceptors (Lipinski definition) is 2. The predicted octanol–water partition coefficient (Wildman–Crippen LogP) is 3.76. The van der Waals surface area contributed by atoms with E-state index in [9.17, 15) is 9.90 Å². The van der Waals surface area contributed by atoms with Gasteiger partial charge in [-0.25, -0.2) is 4.79 Å². The molecule has 1 heterocycles. The summed E-state index contributed by atoms with van der Waals surface area (Å²) in [5.41, 5.74) is 1.38. The van der Waals surface area contributed by atoms with Gasteiger partial charge in [-0.15, -0.1) is 0 Å². The number of rotatable bonds is 2. The molecular weight excluding hydrogens is 350 g/mol. The maximum atomic E-state index is 11.3. The first-order chi connectivity index (χ1) is 7.80. The van der Waals surface area contributed by atoms with Gasteiger partial charge in [-0.1, -0.05) is 29.8 Å². The van der Waals surface area contributed by atoms with Gasteiger partial charge in [-0.2, -0.15) is 0 Å². The molecule has 0 unspecified atom stereocenters. The van der Waals surface area contributed by atoms with Crippen molar-refractivity contribution < 1.29 is 9.90 Å². The second kappa shape index (κ2) is 4.28. The van der Waals surface area contributed by atoms with Crippen LogP contribution in [0.1, 0.15) is 24.2 Å². The molecule has 0 aliphatic carbocycles. The van der Waals surface area contributed by atoms with Gasteiger partial charge in [0.2, 0.25) is 0 Å². The van der Waals surface area contributed by atoms with Crippen molar-refractivity contribution in [2.75, 3.05) is 18.0 Å². The zero-order valence-corrected chi connectivity index (χ0v) is 12.8. The number of hydrogen-bond donors (Lipinski definition) is 1. The van der Waals surface area contributed by atoms with Gasteiger partial charge in [-0.3, -0.25) is 0 Å². The molecule has 2 rings (SSSR count). The molecule has 0 atom stereocenters. The van der Waals surface area contributed by atoms with Crippen molar-refractivity contribution in [3.8, 4) is 0 Å². The summed E-state index contributed by atoms with van der Waals surface area (Å²) in [7, 11) is 0. The quantitative estimate of drug-likeness (QED) is 0.870. The summed E-state index contributed by atoms with van der Waals surface area (Å²) < 4.78 is 1.59. The molecule has 1 aliphatic heterocycles. The number of nitrogens with zero attached hydrogens (tertiary/aromatic N) is 1. The van der Waals surface area contributed by atoms with Gasteiger partial charge in [0.1, 0.15) is 0 Å². The molecule has 0 aromatic heterocycles. The molecule has 0 radical (unpaired) electrons. The number of carboxylic acid groups (broad SMARTS) is 1. The third-order valence-electron chi connectivity index (χ3n) is 2.81. The Balaban J connectivity index is 2.43.